The second kappa shape index (κ2) is 8.75. The van der Waals surface area contributed by atoms with Crippen LogP contribution in [0.2, 0.25) is 0 Å². The highest BCUT2D eigenvalue weighted by Gasteiger charge is 2.39. The first-order chi connectivity index (χ1) is 16.2. The third-order valence-corrected chi connectivity index (χ3v) is 8.57. The van der Waals surface area contributed by atoms with Gasteiger partial charge in [-0.05, 0) is 74.6 Å². The van der Waals surface area contributed by atoms with Crippen LogP contribution in [0, 0.1) is 12.8 Å². The molecule has 178 valence electrons. The summed E-state index contributed by atoms with van der Waals surface area (Å²) in [4.78, 5) is 31.3. The number of nitrogens with zero attached hydrogens (tertiary/aromatic N) is 2. The number of aromatic nitrogens is 1. The number of hydrogen-bond donors (Lipinski definition) is 2. The lowest BCUT2D eigenvalue weighted by Gasteiger charge is -2.22. The van der Waals surface area contributed by atoms with Gasteiger partial charge < -0.3 is 10.2 Å². The van der Waals surface area contributed by atoms with Gasteiger partial charge in [0.1, 0.15) is 0 Å². The Labute approximate surface area is 202 Å². The average molecular weight is 499 g/mol. The van der Waals surface area contributed by atoms with Crippen molar-refractivity contribution in [2.75, 3.05) is 16.8 Å². The normalized spacial score (nSPS) is 17.7. The number of sulfonamides is 1. The van der Waals surface area contributed by atoms with Crippen LogP contribution < -0.4 is 14.9 Å². The first-order valence-corrected chi connectivity index (χ1v) is 13.6. The molecular weight excluding hydrogens is 472 g/mol. The van der Waals surface area contributed by atoms with Crippen LogP contribution in [0.3, 0.4) is 0 Å². The van der Waals surface area contributed by atoms with Crippen molar-refractivity contribution < 1.29 is 18.0 Å². The zero-order chi connectivity index (χ0) is 24.0. The van der Waals surface area contributed by atoms with E-state index in [0.29, 0.717) is 11.6 Å². The number of fused-ring (bicyclic) bond motifs is 2. The Hall–Kier alpha value is -2.82. The van der Waals surface area contributed by atoms with Crippen molar-refractivity contribution >= 4 is 54.2 Å². The van der Waals surface area contributed by atoms with Gasteiger partial charge in [0.05, 0.1) is 15.1 Å². The number of carbonyl (C=O) groups excluding carboxylic acids is 2. The van der Waals surface area contributed by atoms with Crippen LogP contribution in [0.5, 0.6) is 0 Å². The minimum atomic E-state index is -3.78. The van der Waals surface area contributed by atoms with Crippen molar-refractivity contribution in [3.8, 4) is 0 Å². The Morgan fingerprint density at radius 2 is 1.97 bits per heavy atom. The fourth-order valence-corrected chi connectivity index (χ4v) is 6.35. The summed E-state index contributed by atoms with van der Waals surface area (Å²) in [6.07, 6.45) is 2.47. The molecule has 1 saturated carbocycles. The van der Waals surface area contributed by atoms with Gasteiger partial charge in [0.15, 0.2) is 5.13 Å². The summed E-state index contributed by atoms with van der Waals surface area (Å²) in [7, 11) is -3.78. The van der Waals surface area contributed by atoms with Gasteiger partial charge in [-0.3, -0.25) is 9.59 Å². The standard InChI is InChI=1S/C24H26N4O4S2/c1-14-3-7-19-21(11-14)33-24(26-19)27-22(29)9-10-25-34(31,32)18-6-8-20-17(13-18)12-15(2)28(20)23(30)16-4-5-16/h3,6-8,11,13,15-16,25H,4-5,9-10,12H2,1-2H3,(H,26,27,29)/t15-/m0/s1. The topological polar surface area (TPSA) is 108 Å². The Balaban J connectivity index is 1.20. The third-order valence-electron chi connectivity index (χ3n) is 6.18. The molecule has 1 aliphatic heterocycles. The smallest absolute Gasteiger partial charge is 0.240 e. The molecule has 0 spiro atoms. The van der Waals surface area contributed by atoms with E-state index in [4.69, 9.17) is 0 Å². The molecule has 8 nitrogen and oxygen atoms in total. The fraction of sp³-hybridized carbons (Fsp3) is 0.375. The van der Waals surface area contributed by atoms with Crippen LogP contribution in [0.4, 0.5) is 10.8 Å². The maximum atomic E-state index is 12.8. The van der Waals surface area contributed by atoms with Crippen LogP contribution >= 0.6 is 11.3 Å². The lowest BCUT2D eigenvalue weighted by Crippen LogP contribution is -2.36. The van der Waals surface area contributed by atoms with Gasteiger partial charge in [-0.15, -0.1) is 0 Å². The van der Waals surface area contributed by atoms with Gasteiger partial charge in [-0.25, -0.2) is 18.1 Å². The van der Waals surface area contributed by atoms with Crippen molar-refractivity contribution in [2.45, 2.75) is 50.5 Å². The number of benzene rings is 2. The van der Waals surface area contributed by atoms with Crippen LogP contribution in [-0.2, 0) is 26.0 Å². The highest BCUT2D eigenvalue weighted by molar-refractivity contribution is 7.89. The summed E-state index contributed by atoms with van der Waals surface area (Å²) in [5, 5.41) is 3.23. The third kappa shape index (κ3) is 4.57. The van der Waals surface area contributed by atoms with Crippen LogP contribution in [0.25, 0.3) is 10.2 Å². The van der Waals surface area contributed by atoms with Gasteiger partial charge in [0.2, 0.25) is 21.8 Å². The zero-order valence-electron chi connectivity index (χ0n) is 19.0. The minimum absolute atomic E-state index is 0.0141. The van der Waals surface area contributed by atoms with Crippen molar-refractivity contribution in [2.24, 2.45) is 5.92 Å². The predicted octanol–water partition coefficient (Wildman–Crippen LogP) is 3.60. The maximum Gasteiger partial charge on any atom is 0.240 e. The fourth-order valence-electron chi connectivity index (χ4n) is 4.29. The lowest BCUT2D eigenvalue weighted by atomic mass is 10.1. The second-order valence-corrected chi connectivity index (χ2v) is 11.8. The van der Waals surface area contributed by atoms with Crippen molar-refractivity contribution in [3.63, 3.8) is 0 Å². The molecule has 2 aliphatic rings. The van der Waals surface area contributed by atoms with Crippen molar-refractivity contribution in [1.82, 2.24) is 9.71 Å². The van der Waals surface area contributed by atoms with Crippen molar-refractivity contribution in [1.29, 1.82) is 0 Å². The number of rotatable bonds is 7. The summed E-state index contributed by atoms with van der Waals surface area (Å²) in [6, 6.07) is 10.8. The van der Waals surface area contributed by atoms with E-state index < -0.39 is 10.0 Å². The number of carbonyl (C=O) groups is 2. The van der Waals surface area contributed by atoms with Gasteiger partial charge in [-0.1, -0.05) is 17.4 Å². The zero-order valence-corrected chi connectivity index (χ0v) is 20.6. The van der Waals surface area contributed by atoms with Crippen LogP contribution in [0.1, 0.15) is 37.3 Å². The van der Waals surface area contributed by atoms with Gasteiger partial charge in [-0.2, -0.15) is 0 Å². The average Bonchev–Trinajstić information content (AvgIpc) is 3.47. The summed E-state index contributed by atoms with van der Waals surface area (Å²) in [5.41, 5.74) is 3.59. The molecule has 1 atom stereocenters. The number of thiazole rings is 1. The van der Waals surface area contributed by atoms with E-state index in [1.54, 1.807) is 12.1 Å². The summed E-state index contributed by atoms with van der Waals surface area (Å²) < 4.78 is 29.1. The van der Waals surface area contributed by atoms with E-state index in [-0.39, 0.29) is 41.6 Å². The SMILES string of the molecule is Cc1ccc2nc(NC(=O)CCNS(=O)(=O)c3ccc4c(c3)C[C@H](C)N4C(=O)C3CC3)sc2c1. The molecule has 1 fully saturated rings. The van der Waals surface area contributed by atoms with E-state index >= 15 is 0 Å². The van der Waals surface area contributed by atoms with E-state index in [1.165, 1.54) is 17.4 Å². The number of amides is 2. The molecule has 0 saturated heterocycles. The molecular formula is C24H26N4O4S2. The largest absolute Gasteiger partial charge is 0.309 e. The first kappa shape index (κ1) is 22.9. The van der Waals surface area contributed by atoms with Gasteiger partial charge >= 0.3 is 0 Å². The van der Waals surface area contributed by atoms with E-state index in [1.807, 2.05) is 36.9 Å². The Bertz CT molecular complexity index is 1400. The number of anilines is 2. The Morgan fingerprint density at radius 3 is 2.74 bits per heavy atom. The summed E-state index contributed by atoms with van der Waals surface area (Å²) in [5.74, 6) is -0.0683. The predicted molar refractivity (Wildman–Crippen MR) is 133 cm³/mol. The van der Waals surface area contributed by atoms with Crippen LogP contribution in [0.15, 0.2) is 41.3 Å². The molecule has 1 aliphatic carbocycles. The molecule has 1 aromatic heterocycles. The summed E-state index contributed by atoms with van der Waals surface area (Å²) in [6.45, 7) is 3.95. The Morgan fingerprint density at radius 1 is 1.18 bits per heavy atom. The molecule has 0 radical (unpaired) electrons. The number of aryl methyl sites for hydroxylation is 1. The molecule has 34 heavy (non-hydrogen) atoms. The highest BCUT2D eigenvalue weighted by Crippen LogP contribution is 2.39. The van der Waals surface area contributed by atoms with Gasteiger partial charge in [0, 0.05) is 30.6 Å². The molecule has 2 aromatic carbocycles. The maximum absolute atomic E-state index is 12.8. The van der Waals surface area contributed by atoms with E-state index in [9.17, 15) is 18.0 Å². The molecule has 2 amide bonds. The van der Waals surface area contributed by atoms with Gasteiger partial charge in [0.25, 0.3) is 0 Å². The van der Waals surface area contributed by atoms with E-state index in [0.717, 1.165) is 39.9 Å². The van der Waals surface area contributed by atoms with Crippen molar-refractivity contribution in [3.05, 3.63) is 47.5 Å². The lowest BCUT2D eigenvalue weighted by molar-refractivity contribution is -0.120. The number of hydrogen-bond acceptors (Lipinski definition) is 6. The minimum Gasteiger partial charge on any atom is -0.309 e. The first-order valence-electron chi connectivity index (χ1n) is 11.3. The Kier molecular flexibility index (Phi) is 5.91. The molecule has 2 N–H and O–H groups in total. The molecule has 10 heteroatoms. The second-order valence-electron chi connectivity index (χ2n) is 9.01. The highest BCUT2D eigenvalue weighted by atomic mass is 32.2. The van der Waals surface area contributed by atoms with Crippen LogP contribution in [-0.4, -0.2) is 37.8 Å². The summed E-state index contributed by atoms with van der Waals surface area (Å²) >= 11 is 1.39. The molecule has 3 aromatic rings. The quantitative estimate of drug-likeness (QED) is 0.517. The van der Waals surface area contributed by atoms with E-state index in [2.05, 4.69) is 15.0 Å². The molecule has 0 unspecified atom stereocenters. The molecule has 5 rings (SSSR count). The molecule has 0 bridgehead atoms. The monoisotopic (exact) mass is 498 g/mol. The molecule has 2 heterocycles. The number of nitrogens with one attached hydrogen (secondary N) is 2.